The smallest absolute Gasteiger partial charge is 0.222 e. The largest absolute Gasteiger partial charge is 0.354 e. The average molecular weight is 315 g/mol. The Balaban J connectivity index is 1.55. The minimum Gasteiger partial charge on any atom is -0.354 e. The second-order valence-corrected chi connectivity index (χ2v) is 6.26. The fraction of sp³-hybridized carbons (Fsp3) is 0.529. The highest BCUT2D eigenvalue weighted by Gasteiger charge is 2.30. The first-order valence-electron chi connectivity index (χ1n) is 8.21. The lowest BCUT2D eigenvalue weighted by Gasteiger charge is -2.39. The molecule has 2 aromatic rings. The van der Waals surface area contributed by atoms with Gasteiger partial charge in [0.05, 0.1) is 6.04 Å². The average Bonchev–Trinajstić information content (AvgIpc) is 3.19. The number of piperazine rings is 1. The van der Waals surface area contributed by atoms with Crippen LogP contribution in [0.1, 0.15) is 24.7 Å². The first-order valence-corrected chi connectivity index (χ1v) is 8.21. The molecule has 3 heterocycles. The molecule has 0 unspecified atom stereocenters. The molecule has 1 saturated heterocycles. The fourth-order valence-corrected chi connectivity index (χ4v) is 3.17. The van der Waals surface area contributed by atoms with Gasteiger partial charge in [0.15, 0.2) is 0 Å². The van der Waals surface area contributed by atoms with Gasteiger partial charge in [-0.25, -0.2) is 4.98 Å². The molecular formula is C17H25N5O. The summed E-state index contributed by atoms with van der Waals surface area (Å²) in [5, 5.41) is 0. The molecule has 0 aromatic carbocycles. The van der Waals surface area contributed by atoms with Gasteiger partial charge in [0.25, 0.3) is 0 Å². The van der Waals surface area contributed by atoms with Crippen molar-refractivity contribution >= 4 is 5.91 Å². The van der Waals surface area contributed by atoms with Crippen LogP contribution in [0.2, 0.25) is 0 Å². The predicted molar refractivity (Wildman–Crippen MR) is 88.8 cm³/mol. The molecule has 1 fully saturated rings. The van der Waals surface area contributed by atoms with Crippen LogP contribution in [0.3, 0.4) is 0 Å². The second-order valence-electron chi connectivity index (χ2n) is 6.26. The number of carbonyl (C=O) groups is 1. The van der Waals surface area contributed by atoms with Crippen molar-refractivity contribution in [2.45, 2.75) is 25.4 Å². The van der Waals surface area contributed by atoms with Crippen molar-refractivity contribution in [3.63, 3.8) is 0 Å². The maximum Gasteiger partial charge on any atom is 0.222 e. The van der Waals surface area contributed by atoms with Crippen molar-refractivity contribution in [2.24, 2.45) is 7.05 Å². The minimum absolute atomic E-state index is 0.178. The van der Waals surface area contributed by atoms with Gasteiger partial charge in [-0.15, -0.1) is 0 Å². The van der Waals surface area contributed by atoms with Gasteiger partial charge >= 0.3 is 0 Å². The van der Waals surface area contributed by atoms with Crippen molar-refractivity contribution < 1.29 is 4.79 Å². The van der Waals surface area contributed by atoms with E-state index in [0.29, 0.717) is 6.42 Å². The molecule has 1 atom stereocenters. The molecule has 2 aromatic heterocycles. The molecule has 1 amide bonds. The monoisotopic (exact) mass is 315 g/mol. The number of amides is 1. The molecule has 0 spiro atoms. The van der Waals surface area contributed by atoms with Crippen molar-refractivity contribution in [3.05, 3.63) is 42.7 Å². The van der Waals surface area contributed by atoms with Crippen molar-refractivity contribution in [2.75, 3.05) is 26.7 Å². The zero-order valence-electron chi connectivity index (χ0n) is 13.9. The van der Waals surface area contributed by atoms with Crippen LogP contribution < -0.4 is 0 Å². The maximum atomic E-state index is 12.5. The molecule has 6 heteroatoms. The van der Waals surface area contributed by atoms with Crippen LogP contribution in [-0.4, -0.2) is 56.5 Å². The van der Waals surface area contributed by atoms with Gasteiger partial charge in [0.1, 0.15) is 5.82 Å². The van der Waals surface area contributed by atoms with Gasteiger partial charge < -0.3 is 14.0 Å². The molecule has 0 radical (unpaired) electrons. The van der Waals surface area contributed by atoms with E-state index in [-0.39, 0.29) is 11.9 Å². The predicted octanol–water partition coefficient (Wildman–Crippen LogP) is 1.52. The number of hydrogen-bond acceptors (Lipinski definition) is 3. The number of imidazole rings is 1. The highest BCUT2D eigenvalue weighted by molar-refractivity contribution is 5.76. The summed E-state index contributed by atoms with van der Waals surface area (Å²) in [6.45, 7) is 3.32. The Morgan fingerprint density at radius 3 is 2.70 bits per heavy atom. The Kier molecular flexibility index (Phi) is 4.81. The Morgan fingerprint density at radius 2 is 2.00 bits per heavy atom. The van der Waals surface area contributed by atoms with Gasteiger partial charge in [-0.05, 0) is 25.6 Å². The number of likely N-dealkylation sites (N-methyl/N-ethyl adjacent to an activating group) is 1. The Labute approximate surface area is 137 Å². The second kappa shape index (κ2) is 7.00. The summed E-state index contributed by atoms with van der Waals surface area (Å²) in [5.74, 6) is 1.28. The maximum absolute atomic E-state index is 12.5. The molecule has 1 aliphatic heterocycles. The van der Waals surface area contributed by atoms with E-state index in [1.807, 2.05) is 53.4 Å². The van der Waals surface area contributed by atoms with E-state index in [4.69, 9.17) is 0 Å². The van der Waals surface area contributed by atoms with Crippen LogP contribution in [-0.2, 0) is 18.4 Å². The van der Waals surface area contributed by atoms with Gasteiger partial charge in [0, 0.05) is 64.4 Å². The van der Waals surface area contributed by atoms with Gasteiger partial charge in [0.2, 0.25) is 5.91 Å². The Bertz CT molecular complexity index is 633. The van der Waals surface area contributed by atoms with Crippen molar-refractivity contribution in [3.8, 4) is 0 Å². The van der Waals surface area contributed by atoms with E-state index in [2.05, 4.69) is 21.5 Å². The van der Waals surface area contributed by atoms with Crippen LogP contribution in [0.4, 0.5) is 0 Å². The molecule has 6 nitrogen and oxygen atoms in total. The van der Waals surface area contributed by atoms with Crippen molar-refractivity contribution in [1.29, 1.82) is 0 Å². The fourth-order valence-electron chi connectivity index (χ4n) is 3.17. The summed E-state index contributed by atoms with van der Waals surface area (Å²) in [7, 11) is 4.11. The van der Waals surface area contributed by atoms with E-state index in [1.54, 1.807) is 0 Å². The van der Waals surface area contributed by atoms with E-state index in [9.17, 15) is 4.79 Å². The third kappa shape index (κ3) is 3.64. The van der Waals surface area contributed by atoms with Crippen molar-refractivity contribution in [1.82, 2.24) is 23.9 Å². The number of aryl methyl sites for hydroxylation is 2. The molecule has 0 bridgehead atoms. The molecule has 0 aliphatic carbocycles. The van der Waals surface area contributed by atoms with E-state index < -0.39 is 0 Å². The highest BCUT2D eigenvalue weighted by atomic mass is 16.2. The first kappa shape index (κ1) is 15.8. The summed E-state index contributed by atoms with van der Waals surface area (Å²) in [5.41, 5.74) is 0. The van der Waals surface area contributed by atoms with E-state index in [1.165, 1.54) is 0 Å². The van der Waals surface area contributed by atoms with Crippen LogP contribution >= 0.6 is 0 Å². The van der Waals surface area contributed by atoms with Gasteiger partial charge in [-0.3, -0.25) is 9.69 Å². The van der Waals surface area contributed by atoms with E-state index in [0.717, 1.165) is 38.4 Å². The standard InChI is InChI=1S/C17H25N5O/c1-19-12-13-22(14-15(19)17-18-7-11-20(17)2)16(23)6-5-10-21-8-3-4-9-21/h3-4,7-9,11,15H,5-6,10,12-14H2,1-2H3/t15-/m0/s1. The van der Waals surface area contributed by atoms with Crippen LogP contribution in [0.5, 0.6) is 0 Å². The number of aromatic nitrogens is 3. The summed E-state index contributed by atoms with van der Waals surface area (Å²) in [4.78, 5) is 21.2. The lowest BCUT2D eigenvalue weighted by atomic mass is 10.1. The molecule has 3 rings (SSSR count). The normalized spacial score (nSPS) is 19.2. The zero-order valence-corrected chi connectivity index (χ0v) is 13.9. The lowest BCUT2D eigenvalue weighted by molar-refractivity contribution is -0.134. The molecule has 23 heavy (non-hydrogen) atoms. The van der Waals surface area contributed by atoms with Crippen LogP contribution in [0.25, 0.3) is 0 Å². The summed E-state index contributed by atoms with van der Waals surface area (Å²) in [6, 6.07) is 4.21. The summed E-state index contributed by atoms with van der Waals surface area (Å²) >= 11 is 0. The summed E-state index contributed by atoms with van der Waals surface area (Å²) in [6.07, 6.45) is 9.35. The zero-order chi connectivity index (χ0) is 16.2. The SMILES string of the molecule is CN1CCN(C(=O)CCCn2cccc2)C[C@H]1c1nccn1C. The highest BCUT2D eigenvalue weighted by Crippen LogP contribution is 2.22. The number of carbonyl (C=O) groups excluding carboxylic acids is 1. The number of hydrogen-bond donors (Lipinski definition) is 0. The van der Waals surface area contributed by atoms with Gasteiger partial charge in [-0.1, -0.05) is 0 Å². The third-order valence-electron chi connectivity index (χ3n) is 4.63. The minimum atomic E-state index is 0.178. The quantitative estimate of drug-likeness (QED) is 0.840. The molecule has 0 N–H and O–H groups in total. The molecule has 0 saturated carbocycles. The molecule has 124 valence electrons. The number of rotatable bonds is 5. The van der Waals surface area contributed by atoms with Crippen LogP contribution in [0, 0.1) is 0 Å². The first-order chi connectivity index (χ1) is 11.1. The topological polar surface area (TPSA) is 46.3 Å². The summed E-state index contributed by atoms with van der Waals surface area (Å²) < 4.78 is 4.16. The molecular weight excluding hydrogens is 290 g/mol. The Morgan fingerprint density at radius 1 is 1.22 bits per heavy atom. The lowest BCUT2D eigenvalue weighted by Crippen LogP contribution is -2.49. The number of nitrogens with zero attached hydrogens (tertiary/aromatic N) is 5. The third-order valence-corrected chi connectivity index (χ3v) is 4.63. The Hall–Kier alpha value is -2.08. The molecule has 1 aliphatic rings. The van der Waals surface area contributed by atoms with E-state index >= 15 is 0 Å². The van der Waals surface area contributed by atoms with Crippen LogP contribution in [0.15, 0.2) is 36.9 Å². The van der Waals surface area contributed by atoms with Gasteiger partial charge in [-0.2, -0.15) is 0 Å².